The van der Waals surface area contributed by atoms with Gasteiger partial charge in [0.15, 0.2) is 0 Å². The van der Waals surface area contributed by atoms with E-state index in [1.54, 1.807) is 18.2 Å². The van der Waals surface area contributed by atoms with Crippen LogP contribution in [0.25, 0.3) is 0 Å². The van der Waals surface area contributed by atoms with E-state index in [0.29, 0.717) is 0 Å². The van der Waals surface area contributed by atoms with Crippen LogP contribution in [-0.4, -0.2) is 32.2 Å². The number of fused-ring (bicyclic) bond motifs is 1. The average molecular weight is 301 g/mol. The van der Waals surface area contributed by atoms with Crippen LogP contribution in [0, 0.1) is 0 Å². The Morgan fingerprint density at radius 3 is 2.10 bits per heavy atom. The summed E-state index contributed by atoms with van der Waals surface area (Å²) in [5.74, 6) is -0.904. The topological polar surface area (TPSA) is 71.5 Å². The summed E-state index contributed by atoms with van der Waals surface area (Å²) < 4.78 is 25.0. The van der Waals surface area contributed by atoms with Crippen molar-refractivity contribution >= 4 is 21.7 Å². The summed E-state index contributed by atoms with van der Waals surface area (Å²) in [6.07, 6.45) is 0. The third-order valence-corrected chi connectivity index (χ3v) is 5.19. The quantitative estimate of drug-likeness (QED) is 0.792. The summed E-state index contributed by atoms with van der Waals surface area (Å²) in [4.78, 5) is 24.9. The minimum Gasteiger partial charge on any atom is -0.277 e. The van der Waals surface area contributed by atoms with Crippen molar-refractivity contribution in [1.82, 2.24) is 4.90 Å². The van der Waals surface area contributed by atoms with E-state index in [0.717, 1.165) is 4.90 Å². The van der Waals surface area contributed by atoms with Crippen LogP contribution in [0.4, 0.5) is 0 Å². The Kier molecular flexibility index (Phi) is 2.91. The molecule has 0 aliphatic carbocycles. The minimum atomic E-state index is -3.70. The highest BCUT2D eigenvalue weighted by Crippen LogP contribution is 2.27. The molecule has 0 fully saturated rings. The van der Waals surface area contributed by atoms with Gasteiger partial charge in [-0.1, -0.05) is 18.2 Å². The Balaban J connectivity index is 2.15. The van der Waals surface area contributed by atoms with Crippen molar-refractivity contribution in [3.05, 3.63) is 59.7 Å². The van der Waals surface area contributed by atoms with Gasteiger partial charge in [0.2, 0.25) is 9.84 Å². The van der Waals surface area contributed by atoms with Gasteiger partial charge in [-0.15, -0.1) is 0 Å². The molecule has 1 aliphatic heterocycles. The third kappa shape index (κ3) is 1.95. The summed E-state index contributed by atoms with van der Waals surface area (Å²) >= 11 is 0. The number of amides is 2. The third-order valence-electron chi connectivity index (χ3n) is 3.42. The Bertz CT molecular complexity index is 856. The second-order valence-electron chi connectivity index (χ2n) is 4.69. The van der Waals surface area contributed by atoms with Gasteiger partial charge in [0.05, 0.1) is 20.9 Å². The first-order chi connectivity index (χ1) is 9.93. The van der Waals surface area contributed by atoms with Crippen LogP contribution in [0.3, 0.4) is 0 Å². The van der Waals surface area contributed by atoms with E-state index < -0.39 is 21.7 Å². The van der Waals surface area contributed by atoms with Gasteiger partial charge in [-0.2, -0.15) is 0 Å². The summed E-state index contributed by atoms with van der Waals surface area (Å²) in [5, 5.41) is 0. The first-order valence-electron chi connectivity index (χ1n) is 6.19. The predicted molar refractivity (Wildman–Crippen MR) is 74.8 cm³/mol. The predicted octanol–water partition coefficient (Wildman–Crippen LogP) is 1.75. The lowest BCUT2D eigenvalue weighted by Crippen LogP contribution is -2.24. The van der Waals surface area contributed by atoms with E-state index in [4.69, 9.17) is 0 Å². The monoisotopic (exact) mass is 301 g/mol. The Morgan fingerprint density at radius 2 is 1.43 bits per heavy atom. The average Bonchev–Trinajstić information content (AvgIpc) is 2.72. The SMILES string of the molecule is CN1C(=O)c2ccc(S(=O)(=O)c3ccccc3)cc2C1=O. The molecule has 0 saturated heterocycles. The first-order valence-corrected chi connectivity index (χ1v) is 7.68. The highest BCUT2D eigenvalue weighted by molar-refractivity contribution is 7.91. The van der Waals surface area contributed by atoms with Crippen molar-refractivity contribution in [3.8, 4) is 0 Å². The number of nitrogens with zero attached hydrogens (tertiary/aromatic N) is 1. The maximum Gasteiger partial charge on any atom is 0.261 e. The van der Waals surface area contributed by atoms with Crippen molar-refractivity contribution in [1.29, 1.82) is 0 Å². The Morgan fingerprint density at radius 1 is 0.810 bits per heavy atom. The lowest BCUT2D eigenvalue weighted by Gasteiger charge is -2.05. The lowest BCUT2D eigenvalue weighted by molar-refractivity contribution is 0.0693. The van der Waals surface area contributed by atoms with Crippen LogP contribution in [-0.2, 0) is 9.84 Å². The molecular weight excluding hydrogens is 290 g/mol. The van der Waals surface area contributed by atoms with Gasteiger partial charge in [-0.05, 0) is 30.3 Å². The molecule has 0 unspecified atom stereocenters. The second kappa shape index (κ2) is 4.53. The molecule has 6 heteroatoms. The Hall–Kier alpha value is -2.47. The van der Waals surface area contributed by atoms with Crippen LogP contribution >= 0.6 is 0 Å². The molecular formula is C15H11NO4S. The number of benzene rings is 2. The molecule has 1 aliphatic rings. The van der Waals surface area contributed by atoms with Crippen molar-refractivity contribution in [3.63, 3.8) is 0 Å². The molecule has 1 heterocycles. The van der Waals surface area contributed by atoms with Gasteiger partial charge < -0.3 is 0 Å². The molecule has 3 rings (SSSR count). The van der Waals surface area contributed by atoms with Crippen LogP contribution in [0.1, 0.15) is 20.7 Å². The fraction of sp³-hybridized carbons (Fsp3) is 0.0667. The molecule has 0 saturated carbocycles. The number of carbonyl (C=O) groups excluding carboxylic acids is 2. The highest BCUT2D eigenvalue weighted by atomic mass is 32.2. The van der Waals surface area contributed by atoms with Crippen LogP contribution < -0.4 is 0 Å². The zero-order chi connectivity index (χ0) is 15.2. The van der Waals surface area contributed by atoms with E-state index in [1.165, 1.54) is 37.4 Å². The van der Waals surface area contributed by atoms with Crippen molar-refractivity contribution in [2.24, 2.45) is 0 Å². The van der Waals surface area contributed by atoms with E-state index in [1.807, 2.05) is 0 Å². The molecule has 0 radical (unpaired) electrons. The van der Waals surface area contributed by atoms with E-state index in [2.05, 4.69) is 0 Å². The molecule has 0 spiro atoms. The van der Waals surface area contributed by atoms with Gasteiger partial charge in [0.1, 0.15) is 0 Å². The first kappa shape index (κ1) is 13.5. The van der Waals surface area contributed by atoms with Gasteiger partial charge in [0, 0.05) is 7.05 Å². The van der Waals surface area contributed by atoms with Crippen molar-refractivity contribution in [2.75, 3.05) is 7.05 Å². The van der Waals surface area contributed by atoms with Crippen molar-refractivity contribution in [2.45, 2.75) is 9.79 Å². The zero-order valence-corrected chi connectivity index (χ0v) is 11.9. The van der Waals surface area contributed by atoms with Gasteiger partial charge in [0.25, 0.3) is 11.8 Å². The fourth-order valence-electron chi connectivity index (χ4n) is 2.24. The second-order valence-corrected chi connectivity index (χ2v) is 6.64. The van der Waals surface area contributed by atoms with E-state index in [9.17, 15) is 18.0 Å². The maximum absolute atomic E-state index is 12.5. The van der Waals surface area contributed by atoms with Gasteiger partial charge >= 0.3 is 0 Å². The molecule has 0 bridgehead atoms. The summed E-state index contributed by atoms with van der Waals surface area (Å²) in [5.41, 5.74) is 0.356. The molecule has 2 aromatic rings. The van der Waals surface area contributed by atoms with Gasteiger partial charge in [-0.3, -0.25) is 14.5 Å². The van der Waals surface area contributed by atoms with Gasteiger partial charge in [-0.25, -0.2) is 8.42 Å². The molecule has 21 heavy (non-hydrogen) atoms. The molecule has 2 aromatic carbocycles. The number of carbonyl (C=O) groups is 2. The molecule has 0 atom stereocenters. The standard InChI is InChI=1S/C15H11NO4S/c1-16-14(17)12-8-7-11(9-13(12)15(16)18)21(19,20)10-5-3-2-4-6-10/h2-9H,1H3. The van der Waals surface area contributed by atoms with Crippen LogP contribution in [0.2, 0.25) is 0 Å². The molecule has 0 N–H and O–H groups in total. The number of hydrogen-bond donors (Lipinski definition) is 0. The molecule has 106 valence electrons. The normalized spacial score (nSPS) is 14.4. The minimum absolute atomic E-state index is 0.00361. The molecule has 5 nitrogen and oxygen atoms in total. The summed E-state index contributed by atoms with van der Waals surface area (Å²) in [7, 11) is -2.33. The van der Waals surface area contributed by atoms with E-state index in [-0.39, 0.29) is 20.9 Å². The zero-order valence-electron chi connectivity index (χ0n) is 11.1. The van der Waals surface area contributed by atoms with Crippen LogP contribution in [0.15, 0.2) is 58.3 Å². The largest absolute Gasteiger partial charge is 0.277 e. The molecule has 0 aromatic heterocycles. The summed E-state index contributed by atoms with van der Waals surface area (Å²) in [6, 6.07) is 12.0. The summed E-state index contributed by atoms with van der Waals surface area (Å²) in [6.45, 7) is 0. The number of imide groups is 1. The number of sulfone groups is 1. The number of rotatable bonds is 2. The lowest BCUT2D eigenvalue weighted by atomic mass is 10.1. The molecule has 2 amide bonds. The number of hydrogen-bond acceptors (Lipinski definition) is 4. The van der Waals surface area contributed by atoms with Crippen LogP contribution in [0.5, 0.6) is 0 Å². The van der Waals surface area contributed by atoms with Crippen molar-refractivity contribution < 1.29 is 18.0 Å². The maximum atomic E-state index is 12.5. The van der Waals surface area contributed by atoms with E-state index >= 15 is 0 Å². The fourth-order valence-corrected chi connectivity index (χ4v) is 3.55. The Labute approximate surface area is 121 Å². The highest BCUT2D eigenvalue weighted by Gasteiger charge is 2.34. The smallest absolute Gasteiger partial charge is 0.261 e.